The molecule has 2 amide bonds. The number of hydrogen-bond donors (Lipinski definition) is 3. The van der Waals surface area contributed by atoms with Crippen LogP contribution in [0.2, 0.25) is 0 Å². The molecule has 3 aliphatic rings. The minimum Gasteiger partial charge on any atom is -0.381 e. The monoisotopic (exact) mass is 509 g/mol. The third-order valence-corrected chi connectivity index (χ3v) is 7.66. The number of nitrogens with one attached hydrogen (secondary N) is 2. The Bertz CT molecular complexity index is 1540. The Kier molecular flexibility index (Phi) is 5.01. The summed E-state index contributed by atoms with van der Waals surface area (Å²) in [6.45, 7) is 2.44. The van der Waals surface area contributed by atoms with E-state index in [0.717, 1.165) is 37.5 Å². The summed E-state index contributed by atoms with van der Waals surface area (Å²) < 4.78 is 28.3. The van der Waals surface area contributed by atoms with Crippen LogP contribution in [0.1, 0.15) is 58.9 Å². The van der Waals surface area contributed by atoms with Crippen molar-refractivity contribution in [2.75, 3.05) is 16.7 Å². The summed E-state index contributed by atoms with van der Waals surface area (Å²) in [5.41, 5.74) is 9.00. The normalized spacial score (nSPS) is 18.4. The topological polar surface area (TPSA) is 152 Å². The molecule has 2 aliphatic carbocycles. The number of nitrogens with zero attached hydrogens (tertiary/aromatic N) is 4. The molecule has 12 heteroatoms. The number of anilines is 2. The van der Waals surface area contributed by atoms with E-state index in [9.17, 15) is 18.0 Å². The van der Waals surface area contributed by atoms with Crippen molar-refractivity contribution < 1.29 is 18.0 Å². The highest BCUT2D eigenvalue weighted by molar-refractivity contribution is 7.92. The number of nitrogens with two attached hydrogens (primary N) is 1. The van der Waals surface area contributed by atoms with E-state index in [1.807, 2.05) is 17.9 Å². The predicted octanol–water partition coefficient (Wildman–Crippen LogP) is 2.00. The molecule has 3 heterocycles. The number of benzene rings is 1. The SMILES string of the molecule is C[C@@H](C1CC1)N1Cc2cc(-c3ccn4nc(N)c(C(=O)NC5CC5)c4n3)cc(NS(C)(=O)=O)c2C1=O. The number of nitrogen functional groups attached to an aromatic ring is 1. The van der Waals surface area contributed by atoms with Gasteiger partial charge in [-0.05, 0) is 62.3 Å². The first kappa shape index (κ1) is 22.8. The Morgan fingerprint density at radius 3 is 2.64 bits per heavy atom. The minimum atomic E-state index is -3.64. The van der Waals surface area contributed by atoms with Crippen LogP contribution in [0.25, 0.3) is 16.9 Å². The lowest BCUT2D eigenvalue weighted by Gasteiger charge is -2.24. The third kappa shape index (κ3) is 4.04. The molecule has 188 valence electrons. The van der Waals surface area contributed by atoms with E-state index in [1.54, 1.807) is 18.3 Å². The minimum absolute atomic E-state index is 0.0798. The maximum Gasteiger partial charge on any atom is 0.259 e. The predicted molar refractivity (Wildman–Crippen MR) is 134 cm³/mol. The number of fused-ring (bicyclic) bond motifs is 2. The summed E-state index contributed by atoms with van der Waals surface area (Å²) in [6.07, 6.45) is 6.77. The van der Waals surface area contributed by atoms with Crippen LogP contribution in [-0.2, 0) is 16.6 Å². The molecule has 2 aromatic heterocycles. The van der Waals surface area contributed by atoms with Crippen LogP contribution in [0.5, 0.6) is 0 Å². The summed E-state index contributed by atoms with van der Waals surface area (Å²) >= 11 is 0. The zero-order chi connectivity index (χ0) is 25.4. The fourth-order valence-corrected chi connectivity index (χ4v) is 5.44. The van der Waals surface area contributed by atoms with Gasteiger partial charge in [-0.25, -0.2) is 17.9 Å². The van der Waals surface area contributed by atoms with Gasteiger partial charge in [0.05, 0.1) is 23.2 Å². The molecule has 1 aliphatic heterocycles. The van der Waals surface area contributed by atoms with Gasteiger partial charge in [0.15, 0.2) is 11.5 Å². The smallest absolute Gasteiger partial charge is 0.259 e. The maximum atomic E-state index is 13.3. The number of rotatable bonds is 7. The number of carbonyl (C=O) groups excluding carboxylic acids is 2. The van der Waals surface area contributed by atoms with Gasteiger partial charge < -0.3 is 16.0 Å². The molecular formula is C24H27N7O4S. The summed E-state index contributed by atoms with van der Waals surface area (Å²) in [5, 5.41) is 7.13. The Morgan fingerprint density at radius 2 is 1.97 bits per heavy atom. The molecule has 0 unspecified atom stereocenters. The second-order valence-electron chi connectivity index (χ2n) is 10.0. The zero-order valence-corrected chi connectivity index (χ0v) is 20.8. The second-order valence-corrected chi connectivity index (χ2v) is 11.8. The standard InChI is InChI=1S/C24H27N7O4S/c1-12(13-3-4-13)30-11-15-9-14(10-18(19(15)24(30)33)29-36(2,34)35)17-7-8-31-22(27-17)20(21(25)28-31)23(32)26-16-5-6-16/h7-10,12-13,16,29H,3-6,11H2,1-2H3,(H2,25,28)(H,26,32)/t12-/m0/s1. The van der Waals surface area contributed by atoms with Gasteiger partial charge in [0.2, 0.25) is 10.0 Å². The molecule has 0 saturated heterocycles. The molecule has 1 atom stereocenters. The molecule has 2 fully saturated rings. The van der Waals surface area contributed by atoms with Crippen LogP contribution in [0.4, 0.5) is 11.5 Å². The van der Waals surface area contributed by atoms with E-state index in [1.165, 1.54) is 4.52 Å². The zero-order valence-electron chi connectivity index (χ0n) is 20.0. The highest BCUT2D eigenvalue weighted by Crippen LogP contribution is 2.41. The van der Waals surface area contributed by atoms with Gasteiger partial charge in [0.1, 0.15) is 5.56 Å². The van der Waals surface area contributed by atoms with E-state index in [0.29, 0.717) is 34.9 Å². The van der Waals surface area contributed by atoms with Gasteiger partial charge in [-0.2, -0.15) is 0 Å². The van der Waals surface area contributed by atoms with E-state index >= 15 is 0 Å². The van der Waals surface area contributed by atoms with Gasteiger partial charge in [-0.15, -0.1) is 5.10 Å². The fraction of sp³-hybridized carbons (Fsp3) is 0.417. The molecule has 3 aromatic rings. The highest BCUT2D eigenvalue weighted by Gasteiger charge is 2.40. The van der Waals surface area contributed by atoms with Crippen molar-refractivity contribution in [1.82, 2.24) is 24.8 Å². The quantitative estimate of drug-likeness (QED) is 0.440. The summed E-state index contributed by atoms with van der Waals surface area (Å²) in [7, 11) is -3.64. The van der Waals surface area contributed by atoms with Gasteiger partial charge >= 0.3 is 0 Å². The highest BCUT2D eigenvalue weighted by atomic mass is 32.2. The maximum absolute atomic E-state index is 13.3. The molecule has 11 nitrogen and oxygen atoms in total. The van der Waals surface area contributed by atoms with Crippen LogP contribution >= 0.6 is 0 Å². The molecular weight excluding hydrogens is 482 g/mol. The van der Waals surface area contributed by atoms with Crippen molar-refractivity contribution >= 4 is 39.0 Å². The van der Waals surface area contributed by atoms with Gasteiger partial charge in [0, 0.05) is 30.4 Å². The van der Waals surface area contributed by atoms with Crippen LogP contribution in [0, 0.1) is 5.92 Å². The van der Waals surface area contributed by atoms with E-state index in [4.69, 9.17) is 5.73 Å². The molecule has 0 bridgehead atoms. The van der Waals surface area contributed by atoms with Crippen molar-refractivity contribution in [1.29, 1.82) is 0 Å². The summed E-state index contributed by atoms with van der Waals surface area (Å²) in [5.74, 6) is 0.0681. The van der Waals surface area contributed by atoms with Crippen molar-refractivity contribution in [3.8, 4) is 11.3 Å². The lowest BCUT2D eigenvalue weighted by molar-refractivity contribution is 0.0698. The number of hydrogen-bond acceptors (Lipinski definition) is 7. The average Bonchev–Trinajstić information content (AvgIpc) is 3.72. The Hall–Kier alpha value is -3.67. The number of carbonyl (C=O) groups is 2. The fourth-order valence-electron chi connectivity index (χ4n) is 4.88. The lowest BCUT2D eigenvalue weighted by atomic mass is 10.0. The number of amides is 2. The van der Waals surface area contributed by atoms with Crippen LogP contribution < -0.4 is 15.8 Å². The Labute approximate surface area is 208 Å². The summed E-state index contributed by atoms with van der Waals surface area (Å²) in [4.78, 5) is 32.6. The van der Waals surface area contributed by atoms with Gasteiger partial charge in [-0.1, -0.05) is 0 Å². The molecule has 0 radical (unpaired) electrons. The number of aromatic nitrogens is 3. The average molecular weight is 510 g/mol. The lowest BCUT2D eigenvalue weighted by Crippen LogP contribution is -2.34. The first-order chi connectivity index (χ1) is 17.1. The first-order valence-electron chi connectivity index (χ1n) is 12.0. The summed E-state index contributed by atoms with van der Waals surface area (Å²) in [6, 6.07) is 5.43. The largest absolute Gasteiger partial charge is 0.381 e. The molecule has 2 saturated carbocycles. The number of sulfonamides is 1. The Morgan fingerprint density at radius 1 is 1.22 bits per heavy atom. The molecule has 4 N–H and O–H groups in total. The van der Waals surface area contributed by atoms with Crippen LogP contribution in [0.15, 0.2) is 24.4 Å². The van der Waals surface area contributed by atoms with Crippen LogP contribution in [-0.4, -0.2) is 58.1 Å². The first-order valence-corrected chi connectivity index (χ1v) is 13.9. The second kappa shape index (κ2) is 7.92. The van der Waals surface area contributed by atoms with E-state index < -0.39 is 10.0 Å². The molecule has 6 rings (SSSR count). The van der Waals surface area contributed by atoms with E-state index in [-0.39, 0.29) is 41.0 Å². The van der Waals surface area contributed by atoms with Crippen molar-refractivity contribution in [3.63, 3.8) is 0 Å². The van der Waals surface area contributed by atoms with E-state index in [2.05, 4.69) is 20.1 Å². The third-order valence-electron chi connectivity index (χ3n) is 7.07. The van der Waals surface area contributed by atoms with Crippen LogP contribution in [0.3, 0.4) is 0 Å². The van der Waals surface area contributed by atoms with Crippen molar-refractivity contribution in [2.45, 2.75) is 51.2 Å². The molecule has 1 aromatic carbocycles. The van der Waals surface area contributed by atoms with Crippen molar-refractivity contribution in [3.05, 3.63) is 41.1 Å². The molecule has 36 heavy (non-hydrogen) atoms. The van der Waals surface area contributed by atoms with Gasteiger partial charge in [0.25, 0.3) is 11.8 Å². The molecule has 0 spiro atoms. The Balaban J connectivity index is 1.44. The van der Waals surface area contributed by atoms with Gasteiger partial charge in [-0.3, -0.25) is 14.3 Å². The van der Waals surface area contributed by atoms with Crippen molar-refractivity contribution in [2.24, 2.45) is 5.92 Å².